The summed E-state index contributed by atoms with van der Waals surface area (Å²) in [6, 6.07) is 0. The van der Waals surface area contributed by atoms with Crippen molar-refractivity contribution in [3.63, 3.8) is 0 Å². The van der Waals surface area contributed by atoms with Crippen molar-refractivity contribution < 1.29 is 19.1 Å². The number of cyclic esters (lactones) is 2. The predicted molar refractivity (Wildman–Crippen MR) is 74.7 cm³/mol. The Bertz CT molecular complexity index is 521. The minimum atomic E-state index is -1.21. The first kappa shape index (κ1) is 14.7. The van der Waals surface area contributed by atoms with Crippen molar-refractivity contribution in [1.82, 2.24) is 5.43 Å². The van der Waals surface area contributed by atoms with Crippen LogP contribution in [0.2, 0.25) is 0 Å². The van der Waals surface area contributed by atoms with Gasteiger partial charge in [-0.25, -0.2) is 0 Å². The zero-order valence-electron chi connectivity index (χ0n) is 11.6. The summed E-state index contributed by atoms with van der Waals surface area (Å²) in [7, 11) is 0. The maximum atomic E-state index is 12.2. The van der Waals surface area contributed by atoms with Gasteiger partial charge >= 0.3 is 11.9 Å². The summed E-state index contributed by atoms with van der Waals surface area (Å²) < 4.78 is 10.5. The number of carbonyl (C=O) groups is 2. The van der Waals surface area contributed by atoms with Gasteiger partial charge in [0, 0.05) is 12.8 Å². The molecule has 0 bridgehead atoms. The topological polar surface area (TPSA) is 103 Å². The first-order chi connectivity index (χ1) is 9.19. The standard InChI is InChI=1S/C12H17N3O4S/c1-6-4-12(8(16)18-6)5-11(3,19-9(12)17)7(2)14-15-10(13)20/h6H,4-5H2,1-3H3,(H3,13,15,20)/b14-7+. The van der Waals surface area contributed by atoms with Gasteiger partial charge in [0.05, 0.1) is 5.71 Å². The van der Waals surface area contributed by atoms with Gasteiger partial charge in [-0.1, -0.05) is 0 Å². The summed E-state index contributed by atoms with van der Waals surface area (Å²) >= 11 is 4.66. The zero-order valence-corrected chi connectivity index (χ0v) is 12.4. The number of hydrazone groups is 1. The van der Waals surface area contributed by atoms with Crippen molar-refractivity contribution in [3.05, 3.63) is 0 Å². The highest BCUT2D eigenvalue weighted by molar-refractivity contribution is 7.80. The third-order valence-electron chi connectivity index (χ3n) is 3.78. The van der Waals surface area contributed by atoms with Crippen LogP contribution in [0, 0.1) is 5.41 Å². The van der Waals surface area contributed by atoms with Gasteiger partial charge in [-0.15, -0.1) is 0 Å². The van der Waals surface area contributed by atoms with Crippen LogP contribution in [-0.4, -0.2) is 34.5 Å². The Morgan fingerprint density at radius 1 is 1.50 bits per heavy atom. The fraction of sp³-hybridized carbons (Fsp3) is 0.667. The molecule has 0 saturated carbocycles. The second-order valence-corrected chi connectivity index (χ2v) is 5.91. The van der Waals surface area contributed by atoms with Crippen LogP contribution in [-0.2, 0) is 19.1 Å². The van der Waals surface area contributed by atoms with E-state index in [0.717, 1.165) is 0 Å². The Morgan fingerprint density at radius 3 is 2.65 bits per heavy atom. The summed E-state index contributed by atoms with van der Waals surface area (Å²) in [6.07, 6.45) is 0.247. The minimum absolute atomic E-state index is 0.0147. The van der Waals surface area contributed by atoms with Gasteiger partial charge in [0.1, 0.15) is 6.10 Å². The lowest BCUT2D eigenvalue weighted by atomic mass is 9.77. The van der Waals surface area contributed by atoms with Crippen LogP contribution in [0.25, 0.3) is 0 Å². The van der Waals surface area contributed by atoms with Gasteiger partial charge in [0.25, 0.3) is 0 Å². The number of hydrogen-bond acceptors (Lipinski definition) is 6. The van der Waals surface area contributed by atoms with Crippen LogP contribution in [0.1, 0.15) is 33.6 Å². The summed E-state index contributed by atoms with van der Waals surface area (Å²) in [6.45, 7) is 5.14. The Hall–Kier alpha value is -1.70. The summed E-state index contributed by atoms with van der Waals surface area (Å²) in [5, 5.41) is 4.00. The normalized spacial score (nSPS) is 37.0. The van der Waals surface area contributed by atoms with E-state index in [1.165, 1.54) is 0 Å². The Kier molecular flexibility index (Phi) is 3.45. The van der Waals surface area contributed by atoms with E-state index in [1.54, 1.807) is 20.8 Å². The van der Waals surface area contributed by atoms with Gasteiger partial charge in [0.2, 0.25) is 0 Å². The van der Waals surface area contributed by atoms with Crippen LogP contribution in [0.5, 0.6) is 0 Å². The first-order valence-electron chi connectivity index (χ1n) is 6.24. The highest BCUT2D eigenvalue weighted by atomic mass is 32.1. The SMILES string of the molecule is C/C(=N\NC(N)=S)C1(C)CC2(CC(C)OC2=O)C(=O)O1. The van der Waals surface area contributed by atoms with Crippen molar-refractivity contribution in [1.29, 1.82) is 0 Å². The van der Waals surface area contributed by atoms with Crippen molar-refractivity contribution in [2.75, 3.05) is 0 Å². The Morgan fingerprint density at radius 2 is 2.15 bits per heavy atom. The summed E-state index contributed by atoms with van der Waals surface area (Å²) in [4.78, 5) is 24.1. The Balaban J connectivity index is 2.25. The van der Waals surface area contributed by atoms with Gasteiger partial charge < -0.3 is 15.2 Å². The van der Waals surface area contributed by atoms with E-state index >= 15 is 0 Å². The molecule has 0 aliphatic carbocycles. The lowest BCUT2D eigenvalue weighted by Gasteiger charge is -2.22. The number of nitrogens with zero attached hydrogens (tertiary/aromatic N) is 1. The highest BCUT2D eigenvalue weighted by Crippen LogP contribution is 2.49. The molecule has 2 saturated heterocycles. The van der Waals surface area contributed by atoms with E-state index < -0.39 is 23.0 Å². The van der Waals surface area contributed by atoms with E-state index in [9.17, 15) is 9.59 Å². The molecule has 3 atom stereocenters. The third kappa shape index (κ3) is 2.24. The molecule has 3 unspecified atom stereocenters. The molecular weight excluding hydrogens is 282 g/mol. The van der Waals surface area contributed by atoms with E-state index in [4.69, 9.17) is 15.2 Å². The van der Waals surface area contributed by atoms with Crippen LogP contribution in [0.3, 0.4) is 0 Å². The largest absolute Gasteiger partial charge is 0.462 e. The van der Waals surface area contributed by atoms with Crippen LogP contribution < -0.4 is 11.2 Å². The monoisotopic (exact) mass is 299 g/mol. The third-order valence-corrected chi connectivity index (χ3v) is 3.87. The van der Waals surface area contributed by atoms with Crippen molar-refractivity contribution in [2.45, 2.75) is 45.3 Å². The van der Waals surface area contributed by atoms with Crippen molar-refractivity contribution in [3.8, 4) is 0 Å². The van der Waals surface area contributed by atoms with Crippen LogP contribution in [0.15, 0.2) is 5.10 Å². The molecule has 1 spiro atoms. The molecule has 2 heterocycles. The van der Waals surface area contributed by atoms with E-state index in [2.05, 4.69) is 22.7 Å². The number of ether oxygens (including phenoxy) is 2. The fourth-order valence-corrected chi connectivity index (χ4v) is 2.71. The number of rotatable bonds is 2. The maximum absolute atomic E-state index is 12.2. The molecule has 2 rings (SSSR count). The van der Waals surface area contributed by atoms with Gasteiger partial charge in [-0.3, -0.25) is 15.0 Å². The van der Waals surface area contributed by atoms with E-state index in [1.807, 2.05) is 0 Å². The van der Waals surface area contributed by atoms with E-state index in [0.29, 0.717) is 12.1 Å². The predicted octanol–water partition coefficient (Wildman–Crippen LogP) is 0.223. The molecule has 2 fully saturated rings. The molecule has 0 radical (unpaired) electrons. The quantitative estimate of drug-likeness (QED) is 0.247. The molecule has 0 aromatic heterocycles. The number of thiocarbonyl (C=S) groups is 1. The fourth-order valence-electron chi connectivity index (χ4n) is 2.67. The Labute approximate surface area is 121 Å². The average Bonchev–Trinajstić information content (AvgIpc) is 2.75. The lowest BCUT2D eigenvalue weighted by Crippen LogP contribution is -2.37. The smallest absolute Gasteiger partial charge is 0.324 e. The molecule has 8 heteroatoms. The molecule has 0 amide bonds. The average molecular weight is 299 g/mol. The summed E-state index contributed by atoms with van der Waals surface area (Å²) in [5.74, 6) is -1.08. The van der Waals surface area contributed by atoms with Crippen molar-refractivity contribution >= 4 is 35.0 Å². The van der Waals surface area contributed by atoms with E-state index in [-0.39, 0.29) is 17.6 Å². The molecular formula is C12H17N3O4S. The maximum Gasteiger partial charge on any atom is 0.324 e. The number of esters is 2. The number of nitrogens with two attached hydrogens (primary N) is 1. The molecule has 3 N–H and O–H groups in total. The highest BCUT2D eigenvalue weighted by Gasteiger charge is 2.64. The molecule has 110 valence electrons. The second-order valence-electron chi connectivity index (χ2n) is 5.47. The molecule has 0 aromatic carbocycles. The molecule has 7 nitrogen and oxygen atoms in total. The molecule has 2 aliphatic rings. The number of hydrogen-bond donors (Lipinski definition) is 2. The molecule has 2 aliphatic heterocycles. The van der Waals surface area contributed by atoms with Gasteiger partial charge in [-0.2, -0.15) is 5.10 Å². The first-order valence-corrected chi connectivity index (χ1v) is 6.65. The molecule has 0 aromatic rings. The van der Waals surface area contributed by atoms with Gasteiger partial charge in [-0.05, 0) is 33.0 Å². The second kappa shape index (κ2) is 4.69. The number of nitrogens with one attached hydrogen (secondary N) is 1. The minimum Gasteiger partial charge on any atom is -0.462 e. The van der Waals surface area contributed by atoms with Crippen LogP contribution >= 0.6 is 12.2 Å². The zero-order chi connectivity index (χ0) is 15.1. The van der Waals surface area contributed by atoms with Gasteiger partial charge in [0.15, 0.2) is 16.1 Å². The van der Waals surface area contributed by atoms with Crippen molar-refractivity contribution in [2.24, 2.45) is 16.3 Å². The lowest BCUT2D eigenvalue weighted by molar-refractivity contribution is -0.158. The molecule has 20 heavy (non-hydrogen) atoms. The van der Waals surface area contributed by atoms with Crippen LogP contribution in [0.4, 0.5) is 0 Å². The number of carbonyl (C=O) groups excluding carboxylic acids is 2. The summed E-state index contributed by atoms with van der Waals surface area (Å²) in [5.41, 5.74) is 6.05.